The van der Waals surface area contributed by atoms with Crippen LogP contribution >= 0.6 is 0 Å². The van der Waals surface area contributed by atoms with Crippen LogP contribution in [0.3, 0.4) is 0 Å². The molecule has 0 spiro atoms. The Bertz CT molecular complexity index is 579. The maximum absolute atomic E-state index is 11.7. The molecule has 0 aliphatic carbocycles. The van der Waals surface area contributed by atoms with Crippen LogP contribution in [-0.4, -0.2) is 48.3 Å². The predicted molar refractivity (Wildman–Crippen MR) is 81.6 cm³/mol. The van der Waals surface area contributed by atoms with E-state index in [0.29, 0.717) is 23.5 Å². The summed E-state index contributed by atoms with van der Waals surface area (Å²) in [6, 6.07) is 3.15. The number of amides is 2. The number of nitrogens with one attached hydrogen (secondary N) is 1. The molecule has 1 saturated heterocycles. The van der Waals surface area contributed by atoms with Crippen LogP contribution in [0.2, 0.25) is 0 Å². The number of likely N-dealkylation sites (tertiary alicyclic amines) is 1. The van der Waals surface area contributed by atoms with Crippen LogP contribution in [0.15, 0.2) is 24.5 Å². The normalized spacial score (nSPS) is 15.0. The zero-order valence-electron chi connectivity index (χ0n) is 13.4. The Labute approximate surface area is 134 Å². The molecule has 1 N–H and O–H groups in total. The molecule has 0 bridgehead atoms. The second-order valence-corrected chi connectivity index (χ2v) is 6.32. The Morgan fingerprint density at radius 1 is 1.43 bits per heavy atom. The lowest BCUT2D eigenvalue weighted by Gasteiger charge is -2.39. The number of anilines is 1. The molecular formula is C15H21N3O5. The van der Waals surface area contributed by atoms with Crippen molar-refractivity contribution in [3.05, 3.63) is 29.7 Å². The molecule has 1 aliphatic heterocycles. The first-order chi connectivity index (χ1) is 10.7. The van der Waals surface area contributed by atoms with Crippen molar-refractivity contribution in [2.75, 3.05) is 25.0 Å². The van der Waals surface area contributed by atoms with Gasteiger partial charge in [-0.05, 0) is 26.8 Å². The summed E-state index contributed by atoms with van der Waals surface area (Å²) in [7, 11) is 0. The number of pyridine rings is 1. The summed E-state index contributed by atoms with van der Waals surface area (Å²) in [4.78, 5) is 25.0. The molecule has 0 unspecified atom stereocenters. The molecule has 1 aliphatic rings. The van der Waals surface area contributed by atoms with Crippen molar-refractivity contribution < 1.29 is 23.8 Å². The molecular weight excluding hydrogens is 302 g/mol. The first-order valence-corrected chi connectivity index (χ1v) is 7.31. The van der Waals surface area contributed by atoms with Crippen LogP contribution in [0.1, 0.15) is 20.8 Å². The number of hydrogen-bond acceptors (Lipinski definition) is 5. The highest BCUT2D eigenvalue weighted by Crippen LogP contribution is 2.17. The molecule has 2 heterocycles. The average Bonchev–Trinajstić information content (AvgIpc) is 2.34. The Morgan fingerprint density at radius 2 is 2.13 bits per heavy atom. The van der Waals surface area contributed by atoms with E-state index in [1.807, 2.05) is 0 Å². The molecule has 23 heavy (non-hydrogen) atoms. The topological polar surface area (TPSA) is 94.8 Å². The van der Waals surface area contributed by atoms with Crippen LogP contribution in [0.5, 0.6) is 0 Å². The maximum Gasteiger partial charge on any atom is 0.410 e. The van der Waals surface area contributed by atoms with E-state index in [4.69, 9.17) is 9.47 Å². The van der Waals surface area contributed by atoms with Gasteiger partial charge < -0.3 is 24.9 Å². The van der Waals surface area contributed by atoms with Gasteiger partial charge in [0.25, 0.3) is 5.91 Å². The van der Waals surface area contributed by atoms with Crippen molar-refractivity contribution in [3.8, 4) is 0 Å². The quantitative estimate of drug-likeness (QED) is 0.656. The lowest BCUT2D eigenvalue weighted by atomic mass is 10.2. The third kappa shape index (κ3) is 5.41. The van der Waals surface area contributed by atoms with Crippen molar-refractivity contribution >= 4 is 17.7 Å². The lowest BCUT2D eigenvalue weighted by Crippen LogP contribution is -2.56. The van der Waals surface area contributed by atoms with Gasteiger partial charge in [-0.15, -0.1) is 0 Å². The molecule has 2 amide bonds. The molecule has 8 heteroatoms. The van der Waals surface area contributed by atoms with Crippen molar-refractivity contribution in [1.82, 2.24) is 4.90 Å². The van der Waals surface area contributed by atoms with Crippen molar-refractivity contribution in [2.45, 2.75) is 32.5 Å². The summed E-state index contributed by atoms with van der Waals surface area (Å²) < 4.78 is 11.2. The smallest absolute Gasteiger partial charge is 0.410 e. The third-order valence-corrected chi connectivity index (χ3v) is 3.01. The Balaban J connectivity index is 1.66. The Kier molecular flexibility index (Phi) is 5.05. The van der Waals surface area contributed by atoms with E-state index in [-0.39, 0.29) is 24.7 Å². The summed E-state index contributed by atoms with van der Waals surface area (Å²) in [5.41, 5.74) is -0.128. The number of ether oxygens (including phenoxy) is 2. The van der Waals surface area contributed by atoms with E-state index in [9.17, 15) is 14.8 Å². The minimum absolute atomic E-state index is 0.138. The molecule has 1 aromatic heterocycles. The van der Waals surface area contributed by atoms with E-state index >= 15 is 0 Å². The van der Waals surface area contributed by atoms with Gasteiger partial charge >= 0.3 is 6.09 Å². The van der Waals surface area contributed by atoms with E-state index in [1.165, 1.54) is 23.4 Å². The summed E-state index contributed by atoms with van der Waals surface area (Å²) in [6.07, 6.45) is 2.01. The zero-order valence-corrected chi connectivity index (χ0v) is 13.4. The fourth-order valence-corrected chi connectivity index (χ4v) is 1.94. The average molecular weight is 323 g/mol. The van der Waals surface area contributed by atoms with Gasteiger partial charge in [-0.3, -0.25) is 4.79 Å². The molecule has 1 fully saturated rings. The van der Waals surface area contributed by atoms with E-state index < -0.39 is 5.60 Å². The van der Waals surface area contributed by atoms with Crippen molar-refractivity contribution in [1.29, 1.82) is 0 Å². The van der Waals surface area contributed by atoms with Crippen molar-refractivity contribution in [2.24, 2.45) is 0 Å². The second-order valence-electron chi connectivity index (χ2n) is 6.32. The Morgan fingerprint density at radius 3 is 2.74 bits per heavy atom. The molecule has 1 aromatic rings. The van der Waals surface area contributed by atoms with Gasteiger partial charge in [-0.1, -0.05) is 0 Å². The number of aromatic nitrogens is 1. The van der Waals surface area contributed by atoms with Crippen LogP contribution in [0.25, 0.3) is 0 Å². The highest BCUT2D eigenvalue weighted by molar-refractivity contribution is 5.91. The van der Waals surface area contributed by atoms with Crippen LogP contribution in [0.4, 0.5) is 10.5 Å². The summed E-state index contributed by atoms with van der Waals surface area (Å²) >= 11 is 0. The van der Waals surface area contributed by atoms with Gasteiger partial charge in [0.2, 0.25) is 6.20 Å². The predicted octanol–water partition coefficient (Wildman–Crippen LogP) is 0.894. The van der Waals surface area contributed by atoms with Crippen LogP contribution in [0, 0.1) is 5.21 Å². The van der Waals surface area contributed by atoms with Crippen molar-refractivity contribution in [3.63, 3.8) is 0 Å². The standard InChI is InChI=1S/C15H21N3O5/c1-15(2,3)23-14(20)17-8-12(9-17)22-10-13(19)16-11-5-4-6-18(21)7-11/h4-7,12H,8-10H2,1-3H3,(H,16,19). The van der Waals surface area contributed by atoms with Gasteiger partial charge in [0.15, 0.2) is 6.20 Å². The molecule has 2 rings (SSSR count). The zero-order chi connectivity index (χ0) is 17.0. The van der Waals surface area contributed by atoms with Gasteiger partial charge in [0.05, 0.1) is 19.2 Å². The van der Waals surface area contributed by atoms with E-state index in [2.05, 4.69) is 5.32 Å². The minimum Gasteiger partial charge on any atom is -0.619 e. The second kappa shape index (κ2) is 6.82. The summed E-state index contributed by atoms with van der Waals surface area (Å²) in [5, 5.41) is 13.6. The fraction of sp³-hybridized carbons (Fsp3) is 0.533. The van der Waals surface area contributed by atoms with E-state index in [1.54, 1.807) is 26.8 Å². The highest BCUT2D eigenvalue weighted by atomic mass is 16.6. The first kappa shape index (κ1) is 17.0. The first-order valence-electron chi connectivity index (χ1n) is 7.31. The molecule has 0 atom stereocenters. The molecule has 0 radical (unpaired) electrons. The van der Waals surface area contributed by atoms with Crippen LogP contribution < -0.4 is 10.0 Å². The fourth-order valence-electron chi connectivity index (χ4n) is 1.94. The maximum atomic E-state index is 11.7. The number of rotatable bonds is 4. The van der Waals surface area contributed by atoms with E-state index in [0.717, 1.165) is 0 Å². The van der Waals surface area contributed by atoms with Gasteiger partial charge in [-0.2, -0.15) is 4.73 Å². The minimum atomic E-state index is -0.531. The number of hydrogen-bond donors (Lipinski definition) is 1. The largest absolute Gasteiger partial charge is 0.619 e. The van der Waals surface area contributed by atoms with Crippen LogP contribution in [-0.2, 0) is 14.3 Å². The number of nitrogens with zero attached hydrogens (tertiary/aromatic N) is 2. The lowest BCUT2D eigenvalue weighted by molar-refractivity contribution is -0.604. The summed E-state index contributed by atoms with van der Waals surface area (Å²) in [5.74, 6) is -0.355. The number of carbonyl (C=O) groups excluding carboxylic acids is 2. The van der Waals surface area contributed by atoms with Gasteiger partial charge in [-0.25, -0.2) is 4.79 Å². The SMILES string of the molecule is CC(C)(C)OC(=O)N1CC(OCC(=O)Nc2ccc[n+]([O-])c2)C1. The molecule has 0 saturated carbocycles. The molecule has 0 aromatic carbocycles. The molecule has 8 nitrogen and oxygen atoms in total. The van der Waals surface area contributed by atoms with Gasteiger partial charge in [0.1, 0.15) is 17.9 Å². The third-order valence-electron chi connectivity index (χ3n) is 3.01. The van der Waals surface area contributed by atoms with Gasteiger partial charge in [0, 0.05) is 6.07 Å². The summed E-state index contributed by atoms with van der Waals surface area (Å²) in [6.45, 7) is 6.07. The molecule has 126 valence electrons. The Hall–Kier alpha value is -2.35. The number of carbonyl (C=O) groups is 2. The highest BCUT2D eigenvalue weighted by Gasteiger charge is 2.34. The monoisotopic (exact) mass is 323 g/mol.